The second-order valence-corrected chi connectivity index (χ2v) is 7.91. The molecule has 2 aromatic rings. The Bertz CT molecular complexity index is 862. The molecule has 1 aliphatic heterocycles. The summed E-state index contributed by atoms with van der Waals surface area (Å²) < 4.78 is 23.9. The van der Waals surface area contributed by atoms with Gasteiger partial charge in [-0.25, -0.2) is 4.39 Å². The van der Waals surface area contributed by atoms with Crippen molar-refractivity contribution in [1.29, 1.82) is 0 Å². The van der Waals surface area contributed by atoms with Gasteiger partial charge in [0, 0.05) is 19.2 Å². The molecule has 1 aliphatic rings. The van der Waals surface area contributed by atoms with Gasteiger partial charge in [-0.3, -0.25) is 9.59 Å². The molecular weight excluding hydrogens is 375 g/mol. The summed E-state index contributed by atoms with van der Waals surface area (Å²) >= 11 is 0. The normalized spacial score (nSPS) is 19.4. The summed E-state index contributed by atoms with van der Waals surface area (Å²) in [7, 11) is 0. The van der Waals surface area contributed by atoms with E-state index in [1.807, 2.05) is 13.8 Å². The monoisotopic (exact) mass is 402 g/mol. The van der Waals surface area contributed by atoms with Crippen molar-refractivity contribution in [3.05, 3.63) is 53.2 Å². The van der Waals surface area contributed by atoms with Crippen molar-refractivity contribution in [2.24, 2.45) is 5.41 Å². The number of hydrogen-bond acceptors (Lipinski definition) is 5. The minimum atomic E-state index is -0.872. The van der Waals surface area contributed by atoms with Gasteiger partial charge in [-0.15, -0.1) is 0 Å². The number of ether oxygens (including phenoxy) is 1. The number of nitrogens with zero attached hydrogens (tertiary/aromatic N) is 2. The van der Waals surface area contributed by atoms with Gasteiger partial charge in [-0.1, -0.05) is 31.1 Å². The van der Waals surface area contributed by atoms with Gasteiger partial charge >= 0.3 is 5.97 Å². The van der Waals surface area contributed by atoms with Crippen molar-refractivity contribution in [2.45, 2.75) is 46.0 Å². The van der Waals surface area contributed by atoms with Crippen LogP contribution in [0.4, 0.5) is 4.39 Å². The van der Waals surface area contributed by atoms with Gasteiger partial charge in [0.2, 0.25) is 5.76 Å². The Morgan fingerprint density at radius 3 is 2.66 bits per heavy atom. The van der Waals surface area contributed by atoms with Crippen LogP contribution >= 0.6 is 0 Å². The molecule has 0 spiro atoms. The van der Waals surface area contributed by atoms with E-state index in [1.165, 1.54) is 12.1 Å². The van der Waals surface area contributed by atoms with Gasteiger partial charge in [0.25, 0.3) is 5.91 Å². The maximum Gasteiger partial charge on any atom is 0.314 e. The second kappa shape index (κ2) is 8.76. The number of benzene rings is 1. The molecule has 0 bridgehead atoms. The Kier molecular flexibility index (Phi) is 6.35. The number of piperidine rings is 1. The first-order chi connectivity index (χ1) is 13.8. The summed E-state index contributed by atoms with van der Waals surface area (Å²) in [6, 6.07) is 7.75. The third-order valence-electron chi connectivity index (χ3n) is 5.36. The van der Waals surface area contributed by atoms with E-state index in [1.54, 1.807) is 30.0 Å². The van der Waals surface area contributed by atoms with Crippen molar-refractivity contribution in [2.75, 3.05) is 19.7 Å². The van der Waals surface area contributed by atoms with E-state index in [-0.39, 0.29) is 42.5 Å². The molecule has 0 saturated carbocycles. The Balaban J connectivity index is 1.85. The fourth-order valence-electron chi connectivity index (χ4n) is 3.78. The topological polar surface area (TPSA) is 72.6 Å². The SMILES string of the molecule is CCOC(=O)[C@]1(Cc2ccc(F)cc2)CCCN(C(=O)c2cc(C(C)C)no2)C1. The maximum atomic E-state index is 13.3. The summed E-state index contributed by atoms with van der Waals surface area (Å²) in [5.74, 6) is -0.612. The summed E-state index contributed by atoms with van der Waals surface area (Å²) in [6.45, 7) is 6.72. The smallest absolute Gasteiger partial charge is 0.314 e. The van der Waals surface area contributed by atoms with Crippen molar-refractivity contribution >= 4 is 11.9 Å². The number of halogens is 1. The minimum absolute atomic E-state index is 0.152. The van der Waals surface area contributed by atoms with E-state index in [0.29, 0.717) is 31.5 Å². The minimum Gasteiger partial charge on any atom is -0.466 e. The first-order valence-corrected chi connectivity index (χ1v) is 10.0. The molecule has 1 fully saturated rings. The highest BCUT2D eigenvalue weighted by atomic mass is 19.1. The van der Waals surface area contributed by atoms with Crippen LogP contribution < -0.4 is 0 Å². The number of carbonyl (C=O) groups excluding carboxylic acids is 2. The number of hydrogen-bond donors (Lipinski definition) is 0. The lowest BCUT2D eigenvalue weighted by atomic mass is 9.75. The summed E-state index contributed by atoms with van der Waals surface area (Å²) in [4.78, 5) is 27.5. The Hall–Kier alpha value is -2.70. The first kappa shape index (κ1) is 21.0. The molecule has 1 atom stereocenters. The molecule has 29 heavy (non-hydrogen) atoms. The van der Waals surface area contributed by atoms with Crippen LogP contribution in [0, 0.1) is 11.2 Å². The number of rotatable bonds is 6. The third kappa shape index (κ3) is 4.66. The van der Waals surface area contributed by atoms with Crippen LogP contribution in [0.5, 0.6) is 0 Å². The molecule has 156 valence electrons. The lowest BCUT2D eigenvalue weighted by molar-refractivity contribution is -0.158. The largest absolute Gasteiger partial charge is 0.466 e. The van der Waals surface area contributed by atoms with Crippen LogP contribution in [-0.4, -0.2) is 41.6 Å². The standard InChI is InChI=1S/C22H27FN2O4/c1-4-28-21(27)22(13-16-6-8-17(23)9-7-16)10-5-11-25(14-22)20(26)19-12-18(15(2)3)24-29-19/h6-9,12,15H,4-5,10-11,13-14H2,1-3H3/t22-/m0/s1. The van der Waals surface area contributed by atoms with E-state index in [9.17, 15) is 14.0 Å². The summed E-state index contributed by atoms with van der Waals surface area (Å²) in [5, 5.41) is 3.96. The highest BCUT2D eigenvalue weighted by molar-refractivity contribution is 5.92. The number of esters is 1. The number of amides is 1. The summed E-state index contributed by atoms with van der Waals surface area (Å²) in [5.41, 5.74) is 0.673. The molecule has 1 aromatic heterocycles. The third-order valence-corrected chi connectivity index (χ3v) is 5.36. The number of carbonyl (C=O) groups is 2. The second-order valence-electron chi connectivity index (χ2n) is 7.91. The average molecular weight is 402 g/mol. The Morgan fingerprint density at radius 1 is 1.31 bits per heavy atom. The van der Waals surface area contributed by atoms with Gasteiger partial charge in [-0.05, 0) is 49.8 Å². The highest BCUT2D eigenvalue weighted by Gasteiger charge is 2.45. The van der Waals surface area contributed by atoms with E-state index >= 15 is 0 Å². The van der Waals surface area contributed by atoms with E-state index in [0.717, 1.165) is 5.56 Å². The summed E-state index contributed by atoms with van der Waals surface area (Å²) in [6.07, 6.45) is 1.64. The van der Waals surface area contributed by atoms with Crippen molar-refractivity contribution < 1.29 is 23.2 Å². The van der Waals surface area contributed by atoms with Crippen LogP contribution in [0.2, 0.25) is 0 Å². The highest BCUT2D eigenvalue weighted by Crippen LogP contribution is 2.36. The van der Waals surface area contributed by atoms with Crippen molar-refractivity contribution in [3.8, 4) is 0 Å². The van der Waals surface area contributed by atoms with Gasteiger partial charge in [0.05, 0.1) is 17.7 Å². The van der Waals surface area contributed by atoms with E-state index in [4.69, 9.17) is 9.26 Å². The maximum absolute atomic E-state index is 13.3. The Labute approximate surface area is 170 Å². The fraction of sp³-hybridized carbons (Fsp3) is 0.500. The molecule has 0 aliphatic carbocycles. The molecule has 0 N–H and O–H groups in total. The zero-order chi connectivity index (χ0) is 21.0. The van der Waals surface area contributed by atoms with Crippen LogP contribution in [0.15, 0.2) is 34.9 Å². The first-order valence-electron chi connectivity index (χ1n) is 10.0. The average Bonchev–Trinajstić information content (AvgIpc) is 3.20. The van der Waals surface area contributed by atoms with E-state index in [2.05, 4.69) is 5.16 Å². The van der Waals surface area contributed by atoms with Crippen LogP contribution in [-0.2, 0) is 16.0 Å². The lowest BCUT2D eigenvalue weighted by Gasteiger charge is -2.40. The molecule has 6 nitrogen and oxygen atoms in total. The molecule has 2 heterocycles. The molecule has 1 amide bonds. The van der Waals surface area contributed by atoms with Crippen molar-refractivity contribution in [3.63, 3.8) is 0 Å². The molecule has 1 aromatic carbocycles. The zero-order valence-electron chi connectivity index (χ0n) is 17.1. The quantitative estimate of drug-likeness (QED) is 0.684. The molecule has 1 saturated heterocycles. The Morgan fingerprint density at radius 2 is 2.03 bits per heavy atom. The lowest BCUT2D eigenvalue weighted by Crippen LogP contribution is -2.51. The number of aromatic nitrogens is 1. The molecule has 7 heteroatoms. The van der Waals surface area contributed by atoms with Gasteiger partial charge in [0.15, 0.2) is 0 Å². The molecule has 0 unspecified atom stereocenters. The van der Waals surface area contributed by atoms with Gasteiger partial charge < -0.3 is 14.2 Å². The van der Waals surface area contributed by atoms with Crippen LogP contribution in [0.1, 0.15) is 61.3 Å². The molecule has 3 rings (SSSR count). The van der Waals surface area contributed by atoms with E-state index < -0.39 is 5.41 Å². The van der Waals surface area contributed by atoms with Crippen LogP contribution in [0.3, 0.4) is 0 Å². The number of likely N-dealkylation sites (tertiary alicyclic amines) is 1. The van der Waals surface area contributed by atoms with Gasteiger partial charge in [-0.2, -0.15) is 0 Å². The van der Waals surface area contributed by atoms with Crippen LogP contribution in [0.25, 0.3) is 0 Å². The predicted molar refractivity (Wildman–Crippen MR) is 105 cm³/mol. The predicted octanol–water partition coefficient (Wildman–Crippen LogP) is 3.97. The fourth-order valence-corrected chi connectivity index (χ4v) is 3.78. The molecule has 0 radical (unpaired) electrons. The zero-order valence-corrected chi connectivity index (χ0v) is 17.1. The molecular formula is C22H27FN2O4. The van der Waals surface area contributed by atoms with Crippen molar-refractivity contribution in [1.82, 2.24) is 10.1 Å². The van der Waals surface area contributed by atoms with Gasteiger partial charge in [0.1, 0.15) is 5.82 Å².